The Hall–Kier alpha value is -4.09. The number of aryl methyl sites for hydroxylation is 1. The van der Waals surface area contributed by atoms with Crippen LogP contribution in [0.4, 0.5) is 5.69 Å². The number of nitrogens with zero attached hydrogens (tertiary/aromatic N) is 4. The van der Waals surface area contributed by atoms with Crippen molar-refractivity contribution in [2.75, 3.05) is 31.1 Å². The molecule has 2 aromatic heterocycles. The third-order valence-electron chi connectivity index (χ3n) is 6.03. The highest BCUT2D eigenvalue weighted by Crippen LogP contribution is 2.29. The summed E-state index contributed by atoms with van der Waals surface area (Å²) in [6, 6.07) is 19.4. The number of aromatic amines is 1. The van der Waals surface area contributed by atoms with Crippen LogP contribution < -0.4 is 16.6 Å². The van der Waals surface area contributed by atoms with Crippen LogP contribution in [0.1, 0.15) is 16.1 Å². The minimum atomic E-state index is -0.298. The van der Waals surface area contributed by atoms with E-state index in [1.807, 2.05) is 59.5 Å². The summed E-state index contributed by atoms with van der Waals surface area (Å²) in [6.45, 7) is 2.14. The molecule has 1 fully saturated rings. The number of pyridine rings is 1. The number of fused-ring (bicyclic) bond motifs is 2. The number of H-pyrrole nitrogens is 1. The number of hydrogen-bond acceptors (Lipinski definition) is 5. The Labute approximate surface area is 184 Å². The van der Waals surface area contributed by atoms with Gasteiger partial charge in [-0.3, -0.25) is 9.59 Å². The Morgan fingerprint density at radius 1 is 1.03 bits per heavy atom. The van der Waals surface area contributed by atoms with Crippen molar-refractivity contribution in [3.8, 4) is 6.07 Å². The van der Waals surface area contributed by atoms with E-state index in [0.717, 1.165) is 21.8 Å². The Bertz CT molecular complexity index is 1390. The highest BCUT2D eigenvalue weighted by atomic mass is 16.2. The molecule has 162 valence electrons. The molecule has 4 aromatic rings. The summed E-state index contributed by atoms with van der Waals surface area (Å²) in [5.74, 6) is -0.0369. The van der Waals surface area contributed by atoms with Gasteiger partial charge in [-0.05, 0) is 18.2 Å². The average Bonchev–Trinajstić information content (AvgIpc) is 3.25. The van der Waals surface area contributed by atoms with Gasteiger partial charge in [-0.1, -0.05) is 36.4 Å². The smallest absolute Gasteiger partial charge is 0.270 e. The lowest BCUT2D eigenvalue weighted by Gasteiger charge is -2.36. The normalized spacial score (nSPS) is 13.8. The number of anilines is 1. The zero-order valence-corrected chi connectivity index (χ0v) is 17.8. The van der Waals surface area contributed by atoms with E-state index < -0.39 is 0 Å². The van der Waals surface area contributed by atoms with E-state index in [0.29, 0.717) is 37.6 Å². The van der Waals surface area contributed by atoms with Gasteiger partial charge >= 0.3 is 0 Å². The number of rotatable bonds is 2. The van der Waals surface area contributed by atoms with E-state index in [4.69, 9.17) is 0 Å². The minimum absolute atomic E-state index is 0. The summed E-state index contributed by atoms with van der Waals surface area (Å²) >= 11 is 0. The Morgan fingerprint density at radius 2 is 1.72 bits per heavy atom. The molecule has 0 atom stereocenters. The van der Waals surface area contributed by atoms with E-state index in [2.05, 4.69) is 16.0 Å². The maximum Gasteiger partial charge on any atom is 0.270 e. The molecule has 0 aliphatic carbocycles. The molecule has 5 rings (SSSR count). The van der Waals surface area contributed by atoms with Crippen LogP contribution in [0.15, 0.2) is 59.4 Å². The van der Waals surface area contributed by atoms with Crippen LogP contribution in [0.2, 0.25) is 0 Å². The first-order chi connectivity index (χ1) is 15.1. The first-order valence-corrected chi connectivity index (χ1v) is 10.2. The SMILES string of the molecule is Cn1c(=O)c(C#N)c(N2CCN(C(=O)c3cc4ccccc4[nH]3)CC2)c2ccccc21.N. The Kier molecular flexibility index (Phi) is 5.43. The number of carbonyl (C=O) groups is 1. The zero-order valence-electron chi connectivity index (χ0n) is 17.8. The third kappa shape index (κ3) is 3.29. The molecular weight excluding hydrogens is 404 g/mol. The number of hydrogen-bond donors (Lipinski definition) is 2. The summed E-state index contributed by atoms with van der Waals surface area (Å²) in [5.41, 5.74) is 2.82. The number of nitriles is 1. The van der Waals surface area contributed by atoms with Gasteiger partial charge in [0.25, 0.3) is 11.5 Å². The lowest BCUT2D eigenvalue weighted by molar-refractivity contribution is 0.0742. The largest absolute Gasteiger partial charge is 0.366 e. The fourth-order valence-electron chi connectivity index (χ4n) is 4.40. The van der Waals surface area contributed by atoms with Gasteiger partial charge in [0.15, 0.2) is 0 Å². The predicted octanol–water partition coefficient (Wildman–Crippen LogP) is 3.02. The molecular formula is C24H24N6O2. The molecule has 1 amide bonds. The van der Waals surface area contributed by atoms with E-state index in [1.165, 1.54) is 4.57 Å². The van der Waals surface area contributed by atoms with Crippen LogP contribution in [-0.2, 0) is 7.05 Å². The highest BCUT2D eigenvalue weighted by Gasteiger charge is 2.27. The molecule has 0 bridgehead atoms. The van der Waals surface area contributed by atoms with Gasteiger partial charge in [-0.25, -0.2) is 0 Å². The van der Waals surface area contributed by atoms with Crippen molar-refractivity contribution in [2.24, 2.45) is 7.05 Å². The van der Waals surface area contributed by atoms with Gasteiger partial charge in [0, 0.05) is 49.5 Å². The maximum absolute atomic E-state index is 13.0. The van der Waals surface area contributed by atoms with Crippen molar-refractivity contribution >= 4 is 33.4 Å². The fourth-order valence-corrected chi connectivity index (χ4v) is 4.40. The number of aromatic nitrogens is 2. The van der Waals surface area contributed by atoms with Crippen molar-refractivity contribution in [3.05, 3.63) is 76.2 Å². The number of benzene rings is 2. The second kappa shape index (κ2) is 8.21. The van der Waals surface area contributed by atoms with E-state index in [9.17, 15) is 14.9 Å². The molecule has 0 spiro atoms. The van der Waals surface area contributed by atoms with Gasteiger partial charge in [0.05, 0.1) is 11.2 Å². The second-order valence-corrected chi connectivity index (χ2v) is 7.77. The summed E-state index contributed by atoms with van der Waals surface area (Å²) in [4.78, 5) is 32.9. The molecule has 2 aromatic carbocycles. The third-order valence-corrected chi connectivity index (χ3v) is 6.03. The molecule has 4 N–H and O–H groups in total. The molecule has 1 saturated heterocycles. The monoisotopic (exact) mass is 428 g/mol. The number of para-hydroxylation sites is 2. The van der Waals surface area contributed by atoms with Crippen molar-refractivity contribution in [1.29, 1.82) is 5.26 Å². The first-order valence-electron chi connectivity index (χ1n) is 10.2. The molecule has 3 heterocycles. The molecule has 0 saturated carbocycles. The van der Waals surface area contributed by atoms with Crippen molar-refractivity contribution in [3.63, 3.8) is 0 Å². The number of amides is 1. The fraction of sp³-hybridized carbons (Fsp3) is 0.208. The number of piperazine rings is 1. The van der Waals surface area contributed by atoms with Crippen LogP contribution in [0.25, 0.3) is 21.8 Å². The van der Waals surface area contributed by atoms with E-state index >= 15 is 0 Å². The maximum atomic E-state index is 13.0. The summed E-state index contributed by atoms with van der Waals surface area (Å²) in [5, 5.41) is 11.6. The van der Waals surface area contributed by atoms with Crippen LogP contribution in [0.5, 0.6) is 0 Å². The Morgan fingerprint density at radius 3 is 2.44 bits per heavy atom. The van der Waals surface area contributed by atoms with Gasteiger partial charge in [-0.2, -0.15) is 5.26 Å². The zero-order chi connectivity index (χ0) is 21.5. The molecule has 1 aliphatic rings. The molecule has 1 aliphatic heterocycles. The molecule has 0 unspecified atom stereocenters. The van der Waals surface area contributed by atoms with Gasteiger partial charge in [-0.15, -0.1) is 0 Å². The van der Waals surface area contributed by atoms with Crippen LogP contribution in [0.3, 0.4) is 0 Å². The summed E-state index contributed by atoms with van der Waals surface area (Å²) < 4.78 is 1.52. The predicted molar refractivity (Wildman–Crippen MR) is 125 cm³/mol. The average molecular weight is 428 g/mol. The van der Waals surface area contributed by atoms with Crippen molar-refractivity contribution in [1.82, 2.24) is 20.6 Å². The standard InChI is InChI=1S/C24H21N5O2.H3N/c1-27-21-9-5-3-7-17(21)22(18(15-25)23(27)30)28-10-12-29(13-11-28)24(31)20-14-16-6-2-4-8-19(16)26-20;/h2-9,14,26H,10-13H2,1H3;1H3. The van der Waals surface area contributed by atoms with Gasteiger partial charge < -0.3 is 25.5 Å². The first kappa shape index (κ1) is 21.2. The second-order valence-electron chi connectivity index (χ2n) is 7.77. The van der Waals surface area contributed by atoms with Crippen LogP contribution in [-0.4, -0.2) is 46.5 Å². The lowest BCUT2D eigenvalue weighted by atomic mass is 10.1. The minimum Gasteiger partial charge on any atom is -0.366 e. The molecule has 8 nitrogen and oxygen atoms in total. The van der Waals surface area contributed by atoms with Gasteiger partial charge in [0.2, 0.25) is 0 Å². The Balaban J connectivity index is 0.00000245. The number of nitrogens with one attached hydrogen (secondary N) is 1. The topological polar surface area (TPSA) is 120 Å². The number of carbonyl (C=O) groups excluding carboxylic acids is 1. The van der Waals surface area contributed by atoms with Gasteiger partial charge in [0.1, 0.15) is 17.3 Å². The molecule has 0 radical (unpaired) electrons. The summed E-state index contributed by atoms with van der Waals surface area (Å²) in [7, 11) is 1.69. The van der Waals surface area contributed by atoms with E-state index in [-0.39, 0.29) is 23.2 Å². The van der Waals surface area contributed by atoms with Crippen molar-refractivity contribution in [2.45, 2.75) is 0 Å². The van der Waals surface area contributed by atoms with E-state index in [1.54, 1.807) is 7.05 Å². The highest BCUT2D eigenvalue weighted by molar-refractivity contribution is 5.98. The molecule has 32 heavy (non-hydrogen) atoms. The molecule has 8 heteroatoms. The lowest BCUT2D eigenvalue weighted by Crippen LogP contribution is -2.49. The summed E-state index contributed by atoms with van der Waals surface area (Å²) in [6.07, 6.45) is 0. The van der Waals surface area contributed by atoms with Crippen molar-refractivity contribution < 1.29 is 4.79 Å². The van der Waals surface area contributed by atoms with Crippen LogP contribution >= 0.6 is 0 Å². The van der Waals surface area contributed by atoms with Crippen LogP contribution in [0, 0.1) is 11.3 Å². The quantitative estimate of drug-likeness (QED) is 0.508.